The zero-order valence-electron chi connectivity index (χ0n) is 17.3. The number of likely N-dealkylation sites (tertiary alicyclic amines) is 1. The average Bonchev–Trinajstić information content (AvgIpc) is 2.78. The fourth-order valence-electron chi connectivity index (χ4n) is 3.73. The van der Waals surface area contributed by atoms with Crippen molar-refractivity contribution in [3.05, 3.63) is 90.7 Å². The van der Waals surface area contributed by atoms with Crippen LogP contribution in [0.5, 0.6) is 0 Å². The predicted octanol–water partition coefficient (Wildman–Crippen LogP) is 6.09. The van der Waals surface area contributed by atoms with Gasteiger partial charge in [0.2, 0.25) is 0 Å². The van der Waals surface area contributed by atoms with E-state index in [9.17, 15) is 4.79 Å². The van der Waals surface area contributed by atoms with Gasteiger partial charge in [0.1, 0.15) is 0 Å². The summed E-state index contributed by atoms with van der Waals surface area (Å²) in [5.41, 5.74) is 3.07. The molecule has 0 unspecified atom stereocenters. The Morgan fingerprint density at radius 3 is 2.10 bits per heavy atom. The van der Waals surface area contributed by atoms with Gasteiger partial charge in [0.25, 0.3) is 5.56 Å². The molecule has 1 aromatic heterocycles. The molecule has 0 amide bonds. The number of hydrogen-bond acceptors (Lipinski definition) is 4. The lowest BCUT2D eigenvalue weighted by atomic mass is 10.1. The Kier molecular flexibility index (Phi) is 8.04. The van der Waals surface area contributed by atoms with Crippen molar-refractivity contribution in [1.29, 1.82) is 0 Å². The molecule has 162 valence electrons. The first-order chi connectivity index (χ1) is 15.1. The van der Waals surface area contributed by atoms with Crippen molar-refractivity contribution < 1.29 is 0 Å². The molecule has 2 heterocycles. The fraction of sp³-hybridized carbons (Fsp3) is 0.333. The minimum absolute atomic E-state index is 0.101. The van der Waals surface area contributed by atoms with E-state index in [1.807, 2.05) is 18.3 Å². The van der Waals surface area contributed by atoms with Crippen molar-refractivity contribution in [2.24, 2.45) is 0 Å². The number of halogens is 2. The van der Waals surface area contributed by atoms with E-state index in [1.54, 1.807) is 11.8 Å². The van der Waals surface area contributed by atoms with E-state index in [4.69, 9.17) is 0 Å². The van der Waals surface area contributed by atoms with Crippen LogP contribution in [0.4, 0.5) is 0 Å². The molecule has 1 saturated heterocycles. The van der Waals surface area contributed by atoms with Crippen LogP contribution in [0.2, 0.25) is 0 Å². The molecule has 0 bridgehead atoms. The summed E-state index contributed by atoms with van der Waals surface area (Å²) in [5.74, 6) is 0.769. The Morgan fingerprint density at radius 1 is 0.839 bits per heavy atom. The van der Waals surface area contributed by atoms with Crippen LogP contribution in [-0.4, -0.2) is 27.5 Å². The maximum Gasteiger partial charge on any atom is 0.278 e. The van der Waals surface area contributed by atoms with Crippen LogP contribution in [-0.2, 0) is 18.8 Å². The van der Waals surface area contributed by atoms with Gasteiger partial charge in [0.15, 0.2) is 5.16 Å². The highest BCUT2D eigenvalue weighted by molar-refractivity contribution is 9.10. The summed E-state index contributed by atoms with van der Waals surface area (Å²) in [5, 5.41) is 0.762. The molecule has 0 radical (unpaired) electrons. The van der Waals surface area contributed by atoms with Crippen molar-refractivity contribution >= 4 is 43.6 Å². The molecule has 0 atom stereocenters. The molecule has 0 aliphatic carbocycles. The summed E-state index contributed by atoms with van der Waals surface area (Å²) in [7, 11) is 0. The highest BCUT2D eigenvalue weighted by atomic mass is 79.9. The summed E-state index contributed by atoms with van der Waals surface area (Å²) in [6.07, 6.45) is 5.73. The number of nitrogens with zero attached hydrogens (tertiary/aromatic N) is 3. The normalized spacial score (nSPS) is 14.6. The van der Waals surface area contributed by atoms with Crippen LogP contribution in [0.1, 0.15) is 36.0 Å². The van der Waals surface area contributed by atoms with Crippen molar-refractivity contribution in [3.8, 4) is 0 Å². The second kappa shape index (κ2) is 10.9. The second-order valence-corrected chi connectivity index (χ2v) is 10.6. The first kappa shape index (κ1) is 22.8. The van der Waals surface area contributed by atoms with E-state index in [2.05, 4.69) is 82.7 Å². The number of hydrogen-bond donors (Lipinski definition) is 0. The largest absolute Gasteiger partial charge is 0.323 e. The van der Waals surface area contributed by atoms with Gasteiger partial charge >= 0.3 is 0 Å². The van der Waals surface area contributed by atoms with Gasteiger partial charge in [-0.1, -0.05) is 74.3 Å². The lowest BCUT2D eigenvalue weighted by Crippen LogP contribution is -2.32. The Balaban J connectivity index is 1.59. The van der Waals surface area contributed by atoms with E-state index in [-0.39, 0.29) is 5.56 Å². The minimum Gasteiger partial charge on any atom is -0.323 e. The van der Waals surface area contributed by atoms with Gasteiger partial charge in [-0.25, -0.2) is 0 Å². The first-order valence-electron chi connectivity index (χ1n) is 10.5. The lowest BCUT2D eigenvalue weighted by Gasteiger charge is -2.26. The molecular weight excluding hydrogens is 538 g/mol. The van der Waals surface area contributed by atoms with Crippen molar-refractivity contribution in [2.75, 3.05) is 13.1 Å². The molecule has 1 fully saturated rings. The molecule has 0 saturated carbocycles. The maximum absolute atomic E-state index is 12.8. The molecule has 0 N–H and O–H groups in total. The van der Waals surface area contributed by atoms with Crippen LogP contribution in [0.15, 0.2) is 73.6 Å². The maximum atomic E-state index is 12.8. The Bertz CT molecular complexity index is 1060. The number of aromatic nitrogens is 2. The van der Waals surface area contributed by atoms with Gasteiger partial charge in [0, 0.05) is 39.5 Å². The van der Waals surface area contributed by atoms with Gasteiger partial charge < -0.3 is 4.57 Å². The molecule has 7 heteroatoms. The summed E-state index contributed by atoms with van der Waals surface area (Å²) in [6, 6.07) is 16.6. The third-order valence-corrected chi connectivity index (χ3v) is 7.54. The van der Waals surface area contributed by atoms with E-state index < -0.39 is 0 Å². The standard InChI is InChI=1S/C24H25Br2N3OS/c25-21-8-4-18(5-9-21)14-29-16-20(15-28-12-2-1-3-13-28)23(30)27-24(29)31-17-19-6-10-22(26)11-7-19/h4-11,16H,1-3,12-15,17H2. The van der Waals surface area contributed by atoms with Crippen molar-refractivity contribution in [2.45, 2.75) is 43.3 Å². The predicted molar refractivity (Wildman–Crippen MR) is 135 cm³/mol. The highest BCUT2D eigenvalue weighted by Crippen LogP contribution is 2.23. The molecule has 4 rings (SSSR count). The van der Waals surface area contributed by atoms with E-state index >= 15 is 0 Å². The van der Waals surface area contributed by atoms with Gasteiger partial charge in [-0.15, -0.1) is 0 Å². The topological polar surface area (TPSA) is 38.1 Å². The van der Waals surface area contributed by atoms with Gasteiger partial charge in [0.05, 0.1) is 0 Å². The zero-order chi connectivity index (χ0) is 21.6. The molecular formula is C24H25Br2N3OS. The number of rotatable bonds is 7. The SMILES string of the molecule is O=c1nc(SCc2ccc(Br)cc2)n(Cc2ccc(Br)cc2)cc1CN1CCCCC1. The highest BCUT2D eigenvalue weighted by Gasteiger charge is 2.15. The van der Waals surface area contributed by atoms with E-state index in [1.165, 1.54) is 30.4 Å². The molecule has 1 aliphatic heterocycles. The van der Waals surface area contributed by atoms with Crippen LogP contribution in [0.3, 0.4) is 0 Å². The van der Waals surface area contributed by atoms with Crippen molar-refractivity contribution in [3.63, 3.8) is 0 Å². The Morgan fingerprint density at radius 2 is 1.45 bits per heavy atom. The van der Waals surface area contributed by atoms with Gasteiger partial charge in [-0.3, -0.25) is 9.69 Å². The lowest BCUT2D eigenvalue weighted by molar-refractivity contribution is 0.219. The third kappa shape index (κ3) is 6.54. The molecule has 1 aliphatic rings. The number of piperidine rings is 1. The smallest absolute Gasteiger partial charge is 0.278 e. The number of thioether (sulfide) groups is 1. The monoisotopic (exact) mass is 561 g/mol. The van der Waals surface area contributed by atoms with Gasteiger partial charge in [-0.2, -0.15) is 4.98 Å². The minimum atomic E-state index is -0.101. The van der Waals surface area contributed by atoms with Crippen molar-refractivity contribution in [1.82, 2.24) is 14.5 Å². The van der Waals surface area contributed by atoms with Crippen LogP contribution < -0.4 is 5.56 Å². The zero-order valence-corrected chi connectivity index (χ0v) is 21.3. The van der Waals surface area contributed by atoms with E-state index in [0.29, 0.717) is 13.1 Å². The molecule has 31 heavy (non-hydrogen) atoms. The third-order valence-electron chi connectivity index (χ3n) is 5.42. The van der Waals surface area contributed by atoms with Crippen LogP contribution in [0, 0.1) is 0 Å². The summed E-state index contributed by atoms with van der Waals surface area (Å²) in [6.45, 7) is 3.50. The Hall–Kier alpha value is -1.41. The van der Waals surface area contributed by atoms with Crippen LogP contribution >= 0.6 is 43.6 Å². The second-order valence-electron chi connectivity index (χ2n) is 7.86. The van der Waals surface area contributed by atoms with Gasteiger partial charge in [-0.05, 0) is 61.3 Å². The average molecular weight is 563 g/mol. The van der Waals surface area contributed by atoms with E-state index in [0.717, 1.165) is 38.5 Å². The summed E-state index contributed by atoms with van der Waals surface area (Å²) < 4.78 is 4.26. The Labute approximate surface area is 204 Å². The molecule has 2 aromatic carbocycles. The molecule has 4 nitrogen and oxygen atoms in total. The summed E-state index contributed by atoms with van der Waals surface area (Å²) in [4.78, 5) is 19.7. The summed E-state index contributed by atoms with van der Waals surface area (Å²) >= 11 is 8.60. The first-order valence-corrected chi connectivity index (χ1v) is 13.1. The van der Waals surface area contributed by atoms with Crippen LogP contribution in [0.25, 0.3) is 0 Å². The number of benzene rings is 2. The molecule has 0 spiro atoms. The fourth-order valence-corrected chi connectivity index (χ4v) is 5.18. The molecule has 3 aromatic rings. The quantitative estimate of drug-likeness (QED) is 0.258.